The van der Waals surface area contributed by atoms with Crippen LogP contribution < -0.4 is 15.5 Å². The molecule has 0 saturated carbocycles. The molecule has 7 rings (SSSR count). The van der Waals surface area contributed by atoms with Crippen molar-refractivity contribution in [2.45, 2.75) is 17.6 Å². The number of fused-ring (bicyclic) bond motifs is 1. The molecule has 2 aromatic carbocycles. The summed E-state index contributed by atoms with van der Waals surface area (Å²) >= 11 is 1.46. The second kappa shape index (κ2) is 10.1. The number of hydrogen-bond donors (Lipinski definition) is 1. The number of hydrogen-bond acceptors (Lipinski definition) is 8. The molecule has 1 spiro atoms. The molecule has 0 unspecified atom stereocenters. The van der Waals surface area contributed by atoms with E-state index in [0.29, 0.717) is 17.4 Å². The van der Waals surface area contributed by atoms with Crippen LogP contribution in [0.2, 0.25) is 0 Å². The van der Waals surface area contributed by atoms with E-state index in [1.165, 1.54) is 15.5 Å². The highest BCUT2D eigenvalue weighted by molar-refractivity contribution is 7.99. The Kier molecular flexibility index (Phi) is 6.68. The van der Waals surface area contributed by atoms with Crippen LogP contribution in [0.15, 0.2) is 39.3 Å². The first-order valence-corrected chi connectivity index (χ1v) is 15.3. The number of H-pyrrole nitrogens is 1. The Morgan fingerprint density at radius 2 is 1.82 bits per heavy atom. The van der Waals surface area contributed by atoms with E-state index < -0.39 is 56.0 Å². The molecule has 3 aliphatic heterocycles. The van der Waals surface area contributed by atoms with E-state index in [0.717, 1.165) is 17.8 Å². The number of carbonyl (C=O) groups is 1. The van der Waals surface area contributed by atoms with Crippen molar-refractivity contribution in [2.75, 3.05) is 50.0 Å². The van der Waals surface area contributed by atoms with Crippen molar-refractivity contribution in [1.82, 2.24) is 19.4 Å². The number of ether oxygens (including phenoxy) is 1. The van der Waals surface area contributed by atoms with Gasteiger partial charge in [-0.15, -0.1) is 11.8 Å². The number of halogens is 5. The number of piperazine rings is 1. The van der Waals surface area contributed by atoms with Gasteiger partial charge in [-0.25, -0.2) is 13.6 Å². The quantitative estimate of drug-likeness (QED) is 0.262. The molecule has 5 heterocycles. The lowest BCUT2D eigenvalue weighted by Crippen LogP contribution is -2.50. The van der Waals surface area contributed by atoms with Crippen molar-refractivity contribution in [1.29, 1.82) is 0 Å². The first kappa shape index (κ1) is 29.0. The highest BCUT2D eigenvalue weighted by Crippen LogP contribution is 2.52. The lowest BCUT2D eigenvalue weighted by atomic mass is 9.88. The third-order valence-electron chi connectivity index (χ3n) is 8.26. The number of thiazole rings is 1. The molecule has 0 radical (unpaired) electrons. The van der Waals surface area contributed by atoms with E-state index in [9.17, 15) is 18.8 Å². The predicted molar refractivity (Wildman–Crippen MR) is 155 cm³/mol. The lowest BCUT2D eigenvalue weighted by molar-refractivity contribution is -0.137. The van der Waals surface area contributed by atoms with E-state index >= 15 is 17.6 Å². The van der Waals surface area contributed by atoms with Crippen LogP contribution >= 0.6 is 23.1 Å². The molecule has 0 aliphatic carbocycles. The molecular formula is C28H22F5N5O4S2. The number of nitrogens with zero attached hydrogens (tertiary/aromatic N) is 4. The maximum Gasteiger partial charge on any atom is 0.417 e. The standard InChI is InChI=1S/C28H22F5N5O4S2/c1-2-17(39)36-3-5-37(6-4-36)24-13-7-14(28(31,32)33)18(19-15(29)8-16(30)22-20(19)34-26(41)44-22)23-21(13)38(25(40)35-24)9-27(12-43-23)10-42-11-27/h2,7-8H,1,3-6,9-12H2,(H,34,41). The fourth-order valence-electron chi connectivity index (χ4n) is 6.12. The van der Waals surface area contributed by atoms with Crippen molar-refractivity contribution in [3.8, 4) is 11.1 Å². The average Bonchev–Trinajstić information content (AvgIpc) is 3.25. The van der Waals surface area contributed by atoms with Crippen LogP contribution in [0.1, 0.15) is 5.56 Å². The summed E-state index contributed by atoms with van der Waals surface area (Å²) in [5, 5.41) is 0.0292. The number of anilines is 1. The van der Waals surface area contributed by atoms with Gasteiger partial charge in [0, 0.05) is 71.4 Å². The molecule has 2 fully saturated rings. The Morgan fingerprint density at radius 1 is 1.09 bits per heavy atom. The molecule has 0 atom stereocenters. The largest absolute Gasteiger partial charge is 0.417 e. The van der Waals surface area contributed by atoms with Crippen LogP contribution in [0, 0.1) is 17.0 Å². The minimum absolute atomic E-state index is 0.0142. The SMILES string of the molecule is C=CC(=O)N1CCN(c2nc(=O)n3c4c(c(-c5c(F)cc(F)c6sc(=O)[nH]c56)c(C(F)(F)F)cc24)SCC2(COC2)C3)CC1. The van der Waals surface area contributed by atoms with Gasteiger partial charge in [0.25, 0.3) is 0 Å². The molecule has 4 aromatic rings. The molecule has 230 valence electrons. The zero-order valence-corrected chi connectivity index (χ0v) is 24.4. The van der Waals surface area contributed by atoms with Gasteiger partial charge in [-0.3, -0.25) is 14.2 Å². The third kappa shape index (κ3) is 4.44. The summed E-state index contributed by atoms with van der Waals surface area (Å²) in [5.41, 5.74) is -3.95. The molecule has 9 nitrogen and oxygen atoms in total. The lowest BCUT2D eigenvalue weighted by Gasteiger charge is -2.40. The van der Waals surface area contributed by atoms with Crippen molar-refractivity contribution in [3.05, 3.63) is 62.1 Å². The fourth-order valence-corrected chi connectivity index (χ4v) is 8.29. The molecule has 1 N–H and O–H groups in total. The summed E-state index contributed by atoms with van der Waals surface area (Å²) in [5.74, 6) is -2.40. The summed E-state index contributed by atoms with van der Waals surface area (Å²) in [6, 6.07) is 1.32. The minimum atomic E-state index is -5.03. The molecule has 44 heavy (non-hydrogen) atoms. The number of aromatic amines is 1. The van der Waals surface area contributed by atoms with Crippen molar-refractivity contribution >= 4 is 55.9 Å². The topological polar surface area (TPSA) is 101 Å². The number of thioether (sulfide) groups is 1. The van der Waals surface area contributed by atoms with Gasteiger partial charge in [0.05, 0.1) is 34.5 Å². The van der Waals surface area contributed by atoms with Crippen LogP contribution in [0.3, 0.4) is 0 Å². The molecule has 1 amide bonds. The van der Waals surface area contributed by atoms with E-state index in [-0.39, 0.29) is 83.9 Å². The normalized spacial score (nSPS) is 18.1. The van der Waals surface area contributed by atoms with Gasteiger partial charge in [-0.1, -0.05) is 17.9 Å². The highest BCUT2D eigenvalue weighted by atomic mass is 32.2. The predicted octanol–water partition coefficient (Wildman–Crippen LogP) is 4.22. The van der Waals surface area contributed by atoms with Gasteiger partial charge in [-0.05, 0) is 12.1 Å². The maximum absolute atomic E-state index is 15.7. The number of amides is 1. The zero-order chi connectivity index (χ0) is 31.1. The first-order valence-electron chi connectivity index (χ1n) is 13.5. The summed E-state index contributed by atoms with van der Waals surface area (Å²) in [7, 11) is 0. The number of nitrogens with one attached hydrogen (secondary N) is 1. The van der Waals surface area contributed by atoms with E-state index in [2.05, 4.69) is 16.5 Å². The van der Waals surface area contributed by atoms with Gasteiger partial charge in [0.2, 0.25) is 5.91 Å². The van der Waals surface area contributed by atoms with Crippen LogP contribution in [0.4, 0.5) is 27.8 Å². The summed E-state index contributed by atoms with van der Waals surface area (Å²) in [6.07, 6.45) is -3.85. The van der Waals surface area contributed by atoms with E-state index in [4.69, 9.17) is 4.74 Å². The summed E-state index contributed by atoms with van der Waals surface area (Å²) in [6.45, 7) is 4.96. The fraction of sp³-hybridized carbons (Fsp3) is 0.357. The Hall–Kier alpha value is -3.76. The molecule has 3 aliphatic rings. The number of aromatic nitrogens is 3. The second-order valence-corrected chi connectivity index (χ2v) is 13.0. The van der Waals surface area contributed by atoms with Crippen LogP contribution in [-0.2, 0) is 22.3 Å². The number of benzene rings is 2. The highest BCUT2D eigenvalue weighted by Gasteiger charge is 2.45. The van der Waals surface area contributed by atoms with E-state index in [1.807, 2.05) is 0 Å². The molecule has 2 aromatic heterocycles. The van der Waals surface area contributed by atoms with Gasteiger partial charge >= 0.3 is 16.7 Å². The summed E-state index contributed by atoms with van der Waals surface area (Å²) in [4.78, 5) is 47.0. The number of rotatable bonds is 3. The van der Waals surface area contributed by atoms with Gasteiger partial charge in [0.15, 0.2) is 0 Å². The third-order valence-corrected chi connectivity index (χ3v) is 10.6. The minimum Gasteiger partial charge on any atom is -0.380 e. The Bertz CT molecular complexity index is 2010. The number of carbonyl (C=O) groups excluding carboxylic acids is 1. The van der Waals surface area contributed by atoms with Gasteiger partial charge in [-0.2, -0.15) is 18.2 Å². The van der Waals surface area contributed by atoms with Crippen LogP contribution in [-0.4, -0.2) is 70.5 Å². The van der Waals surface area contributed by atoms with Crippen molar-refractivity contribution in [3.63, 3.8) is 0 Å². The Labute approximate surface area is 252 Å². The van der Waals surface area contributed by atoms with Crippen LogP contribution in [0.25, 0.3) is 32.2 Å². The summed E-state index contributed by atoms with van der Waals surface area (Å²) < 4.78 is 81.9. The van der Waals surface area contributed by atoms with E-state index in [1.54, 1.807) is 4.90 Å². The Morgan fingerprint density at radius 3 is 2.45 bits per heavy atom. The zero-order valence-electron chi connectivity index (χ0n) is 22.7. The molecular weight excluding hydrogens is 629 g/mol. The van der Waals surface area contributed by atoms with Gasteiger partial charge in [0.1, 0.15) is 17.5 Å². The number of alkyl halides is 3. The molecule has 2 saturated heterocycles. The first-order chi connectivity index (χ1) is 20.9. The van der Waals surface area contributed by atoms with Crippen molar-refractivity contribution in [2.24, 2.45) is 5.41 Å². The molecule has 0 bridgehead atoms. The average molecular weight is 652 g/mol. The maximum atomic E-state index is 15.7. The van der Waals surface area contributed by atoms with Crippen molar-refractivity contribution < 1.29 is 31.5 Å². The van der Waals surface area contributed by atoms with Gasteiger partial charge < -0.3 is 19.5 Å². The monoisotopic (exact) mass is 651 g/mol. The Balaban J connectivity index is 1.56. The molecule has 16 heteroatoms. The second-order valence-electron chi connectivity index (χ2n) is 11.1. The van der Waals surface area contributed by atoms with Crippen LogP contribution in [0.5, 0.6) is 0 Å². The smallest absolute Gasteiger partial charge is 0.380 e.